The summed E-state index contributed by atoms with van der Waals surface area (Å²) in [6.07, 6.45) is -1.09. The molecule has 0 aliphatic heterocycles. The molecule has 314 valence electrons. The van der Waals surface area contributed by atoms with Gasteiger partial charge in [0.1, 0.15) is 24.7 Å². The summed E-state index contributed by atoms with van der Waals surface area (Å²) in [7, 11) is 0. The van der Waals surface area contributed by atoms with Crippen LogP contribution in [0.25, 0.3) is 0 Å². The Hall–Kier alpha value is -5.81. The Bertz CT molecular complexity index is 1890. The molecule has 6 atom stereocenters. The second-order valence-corrected chi connectivity index (χ2v) is 15.8. The Balaban J connectivity index is 1.48. The predicted octanol–water partition coefficient (Wildman–Crippen LogP) is 5.85. The maximum absolute atomic E-state index is 14.1. The van der Waals surface area contributed by atoms with E-state index in [-0.39, 0.29) is 36.7 Å². The monoisotopic (exact) mass is 804 g/mol. The highest BCUT2D eigenvalue weighted by Crippen LogP contribution is 2.25. The van der Waals surface area contributed by atoms with E-state index in [1.54, 1.807) is 13.8 Å². The van der Waals surface area contributed by atoms with Crippen molar-refractivity contribution in [3.05, 3.63) is 144 Å². The first-order valence-corrected chi connectivity index (χ1v) is 20.5. The highest BCUT2D eigenvalue weighted by molar-refractivity contribution is 5.93. The molecule has 11 heteroatoms. The zero-order chi connectivity index (χ0) is 42.9. The van der Waals surface area contributed by atoms with Gasteiger partial charge >= 0.3 is 5.97 Å². The average molecular weight is 805 g/mol. The fraction of sp³-hybridized carbons (Fsp3) is 0.396. The third kappa shape index (κ3) is 13.9. The first-order valence-electron chi connectivity index (χ1n) is 20.5. The van der Waals surface area contributed by atoms with E-state index < -0.39 is 66.3 Å². The van der Waals surface area contributed by atoms with Crippen LogP contribution in [0.5, 0.6) is 0 Å². The molecule has 0 saturated carbocycles. The number of amides is 4. The maximum atomic E-state index is 14.1. The molecule has 0 spiro atoms. The van der Waals surface area contributed by atoms with Crippen molar-refractivity contribution in [3.63, 3.8) is 0 Å². The summed E-state index contributed by atoms with van der Waals surface area (Å²) in [4.78, 5) is 68.7. The standard InChI is InChI=1S/C48H60N4O7/c1-7-33(6)44(47(57)52-43(32(4)5)48(58)59-30-35-22-14-9-15-23-35)50-40(54)29-39(53)38(28-34-20-12-8-13-21-34)49-46(56)42(31(2)3)51-45(55)41(36-24-16-10-17-25-36)37-26-18-11-19-27-37/h8-27,31-33,38-39,41-44,53H,7,28-30H2,1-6H3,(H,49,56)(H,50,54)(H,51,55)(H,52,57)/t33-,38-,39-,42-,43-,44-/m0/s1. The lowest BCUT2D eigenvalue weighted by molar-refractivity contribution is -0.150. The van der Waals surface area contributed by atoms with Gasteiger partial charge in [-0.25, -0.2) is 4.79 Å². The zero-order valence-electron chi connectivity index (χ0n) is 35.0. The maximum Gasteiger partial charge on any atom is 0.329 e. The normalized spacial score (nSPS) is 14.3. The topological polar surface area (TPSA) is 163 Å². The van der Waals surface area contributed by atoms with Crippen LogP contribution in [0, 0.1) is 17.8 Å². The van der Waals surface area contributed by atoms with Crippen molar-refractivity contribution in [2.24, 2.45) is 17.8 Å². The minimum absolute atomic E-state index is 0.0506. The molecule has 4 aromatic carbocycles. The fourth-order valence-corrected chi connectivity index (χ4v) is 6.81. The van der Waals surface area contributed by atoms with Crippen LogP contribution in [0.15, 0.2) is 121 Å². The highest BCUT2D eigenvalue weighted by Gasteiger charge is 2.35. The van der Waals surface area contributed by atoms with Gasteiger partial charge in [-0.2, -0.15) is 0 Å². The molecule has 11 nitrogen and oxygen atoms in total. The number of carbonyl (C=O) groups excluding carboxylic acids is 5. The van der Waals surface area contributed by atoms with E-state index in [4.69, 9.17) is 4.74 Å². The van der Waals surface area contributed by atoms with Gasteiger partial charge in [-0.15, -0.1) is 0 Å². The molecule has 0 aliphatic carbocycles. The van der Waals surface area contributed by atoms with E-state index in [2.05, 4.69) is 21.3 Å². The van der Waals surface area contributed by atoms with Gasteiger partial charge in [-0.05, 0) is 46.4 Å². The number of carbonyl (C=O) groups is 5. The van der Waals surface area contributed by atoms with E-state index in [0.29, 0.717) is 6.42 Å². The van der Waals surface area contributed by atoms with E-state index in [1.807, 2.05) is 149 Å². The number of nitrogens with one attached hydrogen (secondary N) is 4. The molecule has 0 saturated heterocycles. The molecule has 0 fully saturated rings. The van der Waals surface area contributed by atoms with Crippen molar-refractivity contribution < 1.29 is 33.8 Å². The van der Waals surface area contributed by atoms with E-state index >= 15 is 0 Å². The summed E-state index contributed by atoms with van der Waals surface area (Å²) >= 11 is 0. The Kier molecular flexibility index (Phi) is 17.9. The minimum atomic E-state index is -1.37. The quantitative estimate of drug-likeness (QED) is 0.0660. The first kappa shape index (κ1) is 45.9. The SMILES string of the molecule is CC[C@H](C)[C@H](NC(=O)C[C@H](O)[C@H](Cc1ccccc1)NC(=O)[C@@H](NC(=O)C(c1ccccc1)c1ccccc1)C(C)C)C(=O)N[C@H](C(=O)OCc1ccccc1)C(C)C. The van der Waals surface area contributed by atoms with Gasteiger partial charge in [0.15, 0.2) is 0 Å². The van der Waals surface area contributed by atoms with Crippen LogP contribution in [0.1, 0.15) is 82.6 Å². The third-order valence-corrected chi connectivity index (χ3v) is 10.5. The number of aliphatic hydroxyl groups is 1. The lowest BCUT2D eigenvalue weighted by Gasteiger charge is -2.30. The van der Waals surface area contributed by atoms with E-state index in [0.717, 1.165) is 22.3 Å². The summed E-state index contributed by atoms with van der Waals surface area (Å²) in [5, 5.41) is 23.2. The lowest BCUT2D eigenvalue weighted by Crippen LogP contribution is -2.57. The number of rotatable bonds is 21. The molecule has 0 bridgehead atoms. The summed E-state index contributed by atoms with van der Waals surface area (Å²) in [5.74, 6) is -4.24. The van der Waals surface area contributed by atoms with Gasteiger partial charge in [-0.1, -0.05) is 169 Å². The molecule has 59 heavy (non-hydrogen) atoms. The molecule has 5 N–H and O–H groups in total. The smallest absolute Gasteiger partial charge is 0.329 e. The summed E-state index contributed by atoms with van der Waals surface area (Å²) in [6.45, 7) is 11.0. The van der Waals surface area contributed by atoms with Gasteiger partial charge in [0.05, 0.1) is 24.5 Å². The summed E-state index contributed by atoms with van der Waals surface area (Å²) in [5.41, 5.74) is 3.17. The molecule has 0 radical (unpaired) electrons. The van der Waals surface area contributed by atoms with Gasteiger partial charge in [-0.3, -0.25) is 19.2 Å². The summed E-state index contributed by atoms with van der Waals surface area (Å²) in [6, 6.07) is 33.3. The number of hydrogen-bond donors (Lipinski definition) is 5. The number of benzene rings is 4. The zero-order valence-corrected chi connectivity index (χ0v) is 35.0. The van der Waals surface area contributed by atoms with Gasteiger partial charge in [0, 0.05) is 0 Å². The minimum Gasteiger partial charge on any atom is -0.459 e. The second kappa shape index (κ2) is 23.0. The van der Waals surface area contributed by atoms with E-state index in [9.17, 15) is 29.1 Å². The Labute approximate surface area is 348 Å². The summed E-state index contributed by atoms with van der Waals surface area (Å²) < 4.78 is 5.53. The van der Waals surface area contributed by atoms with E-state index in [1.165, 1.54) is 0 Å². The molecule has 0 aliphatic rings. The molecule has 0 heterocycles. The van der Waals surface area contributed by atoms with Crippen LogP contribution >= 0.6 is 0 Å². The molecule has 0 aromatic heterocycles. The lowest BCUT2D eigenvalue weighted by atomic mass is 9.89. The second-order valence-electron chi connectivity index (χ2n) is 15.8. The van der Waals surface area contributed by atoms with Crippen LogP contribution in [0.4, 0.5) is 0 Å². The highest BCUT2D eigenvalue weighted by atomic mass is 16.5. The van der Waals surface area contributed by atoms with Crippen molar-refractivity contribution in [1.29, 1.82) is 0 Å². The number of hydrogen-bond acceptors (Lipinski definition) is 7. The van der Waals surface area contributed by atoms with Crippen LogP contribution in [0.2, 0.25) is 0 Å². The van der Waals surface area contributed by atoms with Crippen molar-refractivity contribution in [1.82, 2.24) is 21.3 Å². The van der Waals surface area contributed by atoms with Gasteiger partial charge < -0.3 is 31.1 Å². The fourth-order valence-electron chi connectivity index (χ4n) is 6.81. The Morgan fingerprint density at radius 3 is 1.51 bits per heavy atom. The third-order valence-electron chi connectivity index (χ3n) is 10.5. The van der Waals surface area contributed by atoms with Crippen LogP contribution in [0.3, 0.4) is 0 Å². The molecule has 4 rings (SSSR count). The van der Waals surface area contributed by atoms with Crippen molar-refractivity contribution in [3.8, 4) is 0 Å². The average Bonchev–Trinajstić information content (AvgIpc) is 3.23. The molecule has 4 aromatic rings. The number of ether oxygens (including phenoxy) is 1. The van der Waals surface area contributed by atoms with Crippen LogP contribution in [-0.4, -0.2) is 65.0 Å². The van der Waals surface area contributed by atoms with Crippen molar-refractivity contribution >= 4 is 29.6 Å². The predicted molar refractivity (Wildman–Crippen MR) is 229 cm³/mol. The van der Waals surface area contributed by atoms with Crippen LogP contribution < -0.4 is 21.3 Å². The molecule has 0 unspecified atom stereocenters. The number of esters is 1. The van der Waals surface area contributed by atoms with Crippen LogP contribution in [-0.2, 0) is 41.7 Å². The van der Waals surface area contributed by atoms with Gasteiger partial charge in [0.2, 0.25) is 23.6 Å². The first-order chi connectivity index (χ1) is 28.3. The Morgan fingerprint density at radius 2 is 1.02 bits per heavy atom. The van der Waals surface area contributed by atoms with Crippen molar-refractivity contribution in [2.75, 3.05) is 0 Å². The largest absolute Gasteiger partial charge is 0.459 e. The Morgan fingerprint density at radius 1 is 0.559 bits per heavy atom. The van der Waals surface area contributed by atoms with Crippen molar-refractivity contribution in [2.45, 2.75) is 104 Å². The number of aliphatic hydroxyl groups excluding tert-OH is 1. The molecule has 4 amide bonds. The van der Waals surface area contributed by atoms with Gasteiger partial charge in [0.25, 0.3) is 0 Å². The molecular weight excluding hydrogens is 745 g/mol. The molecular formula is C48H60N4O7.